The summed E-state index contributed by atoms with van der Waals surface area (Å²) < 4.78 is 66.7. The van der Waals surface area contributed by atoms with Crippen LogP contribution in [0.25, 0.3) is 11.3 Å². The average molecular weight is 645 g/mol. The first-order valence-corrected chi connectivity index (χ1v) is 15.7. The Morgan fingerprint density at radius 1 is 1.02 bits per heavy atom. The monoisotopic (exact) mass is 644 g/mol. The predicted octanol–water partition coefficient (Wildman–Crippen LogP) is 5.24. The lowest BCUT2D eigenvalue weighted by atomic mass is 10.0. The van der Waals surface area contributed by atoms with Gasteiger partial charge in [0.25, 0.3) is 5.91 Å². The minimum absolute atomic E-state index is 0.00272. The van der Waals surface area contributed by atoms with Gasteiger partial charge in [-0.15, -0.1) is 0 Å². The molecule has 3 aromatic carbocycles. The van der Waals surface area contributed by atoms with Crippen molar-refractivity contribution in [3.8, 4) is 17.0 Å². The van der Waals surface area contributed by atoms with Gasteiger partial charge < -0.3 is 14.2 Å². The summed E-state index contributed by atoms with van der Waals surface area (Å²) in [5.74, 6) is -0.735. The Morgan fingerprint density at radius 3 is 2.34 bits per heavy atom. The highest BCUT2D eigenvalue weighted by atomic mass is 35.5. The highest BCUT2D eigenvalue weighted by molar-refractivity contribution is 7.89. The molecule has 232 valence electrons. The van der Waals surface area contributed by atoms with Crippen molar-refractivity contribution in [3.63, 3.8) is 0 Å². The summed E-state index contributed by atoms with van der Waals surface area (Å²) in [6.07, 6.45) is 0. The number of benzene rings is 3. The Balaban J connectivity index is 1.32. The van der Waals surface area contributed by atoms with Crippen LogP contribution in [0.2, 0.25) is 5.02 Å². The van der Waals surface area contributed by atoms with E-state index in [1.807, 2.05) is 0 Å². The third kappa shape index (κ3) is 6.78. The van der Waals surface area contributed by atoms with E-state index in [-0.39, 0.29) is 58.7 Å². The number of carbonyl (C=O) groups excluding carboxylic acids is 1. The van der Waals surface area contributed by atoms with Gasteiger partial charge in [0.1, 0.15) is 34.4 Å². The normalized spacial score (nSPS) is 14.5. The van der Waals surface area contributed by atoms with E-state index < -0.39 is 27.6 Å². The summed E-state index contributed by atoms with van der Waals surface area (Å²) in [4.78, 5) is 17.9. The fourth-order valence-electron chi connectivity index (χ4n) is 5.09. The van der Waals surface area contributed by atoms with Crippen LogP contribution < -0.4 is 4.74 Å². The molecule has 0 bridgehead atoms. The molecule has 5 rings (SSSR count). The SMILES string of the molecule is COc1ccc(S(=O)(=O)N2CCN(CCN(Cc3ccc(F)cc3)C(=O)c3c(-c4c(F)cccc4Cl)noc3C)CC2)cc1. The van der Waals surface area contributed by atoms with Crippen LogP contribution in [0, 0.1) is 18.6 Å². The number of hydrogen-bond donors (Lipinski definition) is 0. The first-order chi connectivity index (χ1) is 21.1. The minimum atomic E-state index is -3.67. The summed E-state index contributed by atoms with van der Waals surface area (Å²) in [5.41, 5.74) is 0.728. The number of nitrogens with zero attached hydrogens (tertiary/aromatic N) is 4. The molecule has 1 saturated heterocycles. The van der Waals surface area contributed by atoms with Crippen LogP contribution in [0.3, 0.4) is 0 Å². The van der Waals surface area contributed by atoms with Gasteiger partial charge >= 0.3 is 0 Å². The Labute approximate surface area is 259 Å². The molecular formula is C31H31ClF2N4O5S. The lowest BCUT2D eigenvalue weighted by molar-refractivity contribution is 0.0709. The molecule has 44 heavy (non-hydrogen) atoms. The van der Waals surface area contributed by atoms with Gasteiger partial charge in [-0.05, 0) is 61.0 Å². The summed E-state index contributed by atoms with van der Waals surface area (Å²) in [6, 6.07) is 16.3. The van der Waals surface area contributed by atoms with E-state index in [1.165, 1.54) is 53.9 Å². The maximum absolute atomic E-state index is 14.8. The summed E-state index contributed by atoms with van der Waals surface area (Å²) in [6.45, 7) is 3.85. The Kier molecular flexibility index (Phi) is 9.64. The molecular weight excluding hydrogens is 614 g/mol. The van der Waals surface area contributed by atoms with E-state index in [0.29, 0.717) is 30.9 Å². The highest BCUT2D eigenvalue weighted by Gasteiger charge is 2.31. The molecule has 0 saturated carbocycles. The van der Waals surface area contributed by atoms with E-state index in [2.05, 4.69) is 10.1 Å². The second-order valence-electron chi connectivity index (χ2n) is 10.3. The van der Waals surface area contributed by atoms with E-state index >= 15 is 0 Å². The van der Waals surface area contributed by atoms with Crippen molar-refractivity contribution in [2.75, 3.05) is 46.4 Å². The summed E-state index contributed by atoms with van der Waals surface area (Å²) in [5, 5.41) is 4.05. The summed E-state index contributed by atoms with van der Waals surface area (Å²) >= 11 is 6.29. The van der Waals surface area contributed by atoms with Crippen molar-refractivity contribution in [1.29, 1.82) is 0 Å². The Morgan fingerprint density at radius 2 is 1.70 bits per heavy atom. The fraction of sp³-hybridized carbons (Fsp3) is 0.290. The molecule has 0 radical (unpaired) electrons. The first kappa shape index (κ1) is 31.6. The third-order valence-corrected chi connectivity index (χ3v) is 9.79. The van der Waals surface area contributed by atoms with E-state index in [9.17, 15) is 22.0 Å². The number of methoxy groups -OCH3 is 1. The molecule has 1 aliphatic rings. The third-order valence-electron chi connectivity index (χ3n) is 7.56. The van der Waals surface area contributed by atoms with E-state index in [0.717, 1.165) is 0 Å². The average Bonchev–Trinajstić information content (AvgIpc) is 3.40. The number of aryl methyl sites for hydroxylation is 1. The Hall–Kier alpha value is -3.84. The van der Waals surface area contributed by atoms with Gasteiger partial charge in [-0.25, -0.2) is 17.2 Å². The summed E-state index contributed by atoms with van der Waals surface area (Å²) in [7, 11) is -2.16. The van der Waals surface area contributed by atoms with E-state index in [1.54, 1.807) is 36.1 Å². The molecule has 1 aliphatic heterocycles. The van der Waals surface area contributed by atoms with Crippen LogP contribution in [0.4, 0.5) is 8.78 Å². The van der Waals surface area contributed by atoms with Crippen LogP contribution in [0.5, 0.6) is 5.75 Å². The number of halogens is 3. The lowest BCUT2D eigenvalue weighted by Crippen LogP contribution is -2.50. The van der Waals surface area contributed by atoms with Crippen LogP contribution in [0.1, 0.15) is 21.7 Å². The zero-order chi connectivity index (χ0) is 31.4. The highest BCUT2D eigenvalue weighted by Crippen LogP contribution is 2.34. The minimum Gasteiger partial charge on any atom is -0.497 e. The van der Waals surface area contributed by atoms with Crippen LogP contribution in [0.15, 0.2) is 76.1 Å². The molecule has 13 heteroatoms. The number of hydrogen-bond acceptors (Lipinski definition) is 7. The quantitative estimate of drug-likeness (QED) is 0.233. The van der Waals surface area contributed by atoms with Gasteiger partial charge in [-0.2, -0.15) is 4.31 Å². The molecule has 1 amide bonds. The number of aromatic nitrogens is 1. The second-order valence-corrected chi connectivity index (χ2v) is 12.7. The molecule has 1 aromatic heterocycles. The lowest BCUT2D eigenvalue weighted by Gasteiger charge is -2.35. The van der Waals surface area contributed by atoms with Crippen molar-refractivity contribution >= 4 is 27.5 Å². The van der Waals surface area contributed by atoms with Crippen molar-refractivity contribution in [3.05, 3.63) is 100 Å². The molecule has 1 fully saturated rings. The molecule has 0 aliphatic carbocycles. The maximum atomic E-state index is 14.8. The largest absolute Gasteiger partial charge is 0.497 e. The van der Waals surface area contributed by atoms with Crippen molar-refractivity contribution in [2.45, 2.75) is 18.4 Å². The van der Waals surface area contributed by atoms with Gasteiger partial charge in [0, 0.05) is 45.8 Å². The molecule has 0 unspecified atom stereocenters. The van der Waals surface area contributed by atoms with Crippen LogP contribution in [-0.2, 0) is 16.6 Å². The molecule has 0 N–H and O–H groups in total. The van der Waals surface area contributed by atoms with Crippen molar-refractivity contribution in [1.82, 2.24) is 19.3 Å². The zero-order valence-corrected chi connectivity index (χ0v) is 25.7. The van der Waals surface area contributed by atoms with Gasteiger partial charge in [0.05, 0.1) is 22.6 Å². The molecule has 4 aromatic rings. The fourth-order valence-corrected chi connectivity index (χ4v) is 6.77. The first-order valence-electron chi connectivity index (χ1n) is 13.9. The van der Waals surface area contributed by atoms with Crippen molar-refractivity contribution in [2.24, 2.45) is 0 Å². The number of amides is 1. The van der Waals surface area contributed by atoms with Gasteiger partial charge in [-0.1, -0.05) is 35.0 Å². The number of sulfonamides is 1. The molecule has 0 atom stereocenters. The number of rotatable bonds is 10. The smallest absolute Gasteiger partial charge is 0.260 e. The number of piperazine rings is 1. The van der Waals surface area contributed by atoms with E-state index in [4.69, 9.17) is 20.9 Å². The molecule has 0 spiro atoms. The zero-order valence-electron chi connectivity index (χ0n) is 24.2. The maximum Gasteiger partial charge on any atom is 0.260 e. The molecule has 9 nitrogen and oxygen atoms in total. The number of ether oxygens (including phenoxy) is 1. The van der Waals surface area contributed by atoms with Gasteiger partial charge in [0.15, 0.2) is 0 Å². The van der Waals surface area contributed by atoms with Gasteiger partial charge in [-0.3, -0.25) is 9.69 Å². The van der Waals surface area contributed by atoms with Gasteiger partial charge in [0.2, 0.25) is 10.0 Å². The van der Waals surface area contributed by atoms with Crippen LogP contribution >= 0.6 is 11.6 Å². The predicted molar refractivity (Wildman–Crippen MR) is 161 cm³/mol. The second kappa shape index (κ2) is 13.4. The molecule has 2 heterocycles. The van der Waals surface area contributed by atoms with Crippen molar-refractivity contribution < 1.29 is 31.3 Å². The standard InChI is InChI=1S/C31H31ClF2N4O5S/c1-21-28(30(35-43-21)29-26(32)4-3-5-27(29)34)31(39)37(20-22-6-8-23(33)9-7-22)17-14-36-15-18-38(19-16-36)44(40,41)25-12-10-24(42-2)11-13-25/h3-13H,14-20H2,1-2H3. The van der Waals surface area contributed by atoms with Crippen LogP contribution in [-0.4, -0.2) is 80.0 Å². The topological polar surface area (TPSA) is 96.2 Å². The Bertz CT molecular complexity index is 1700. The number of carbonyl (C=O) groups is 1.